The number of ether oxygens (including phenoxy) is 3. The third-order valence-electron chi connectivity index (χ3n) is 6.90. The quantitative estimate of drug-likeness (QED) is 0.269. The molecule has 0 aliphatic carbocycles. The fourth-order valence-electron chi connectivity index (χ4n) is 4.83. The summed E-state index contributed by atoms with van der Waals surface area (Å²) >= 11 is 7.82. The number of nitrogens with zero attached hydrogens (tertiary/aromatic N) is 2. The van der Waals surface area contributed by atoms with E-state index < -0.39 is 18.0 Å². The number of carbonyl (C=O) groups is 2. The van der Waals surface area contributed by atoms with Crippen LogP contribution in [0.3, 0.4) is 0 Å². The van der Waals surface area contributed by atoms with E-state index in [1.165, 1.54) is 42.3 Å². The number of carboxylic acid groups (broad SMARTS) is 1. The van der Waals surface area contributed by atoms with Gasteiger partial charge in [-0.15, -0.1) is 0 Å². The average molecular weight is 619 g/mol. The van der Waals surface area contributed by atoms with Gasteiger partial charge in [-0.2, -0.15) is 0 Å². The van der Waals surface area contributed by atoms with Gasteiger partial charge in [0.1, 0.15) is 6.61 Å². The van der Waals surface area contributed by atoms with E-state index in [0.717, 1.165) is 11.1 Å². The molecule has 9 nitrogen and oxygen atoms in total. The van der Waals surface area contributed by atoms with Gasteiger partial charge in [-0.1, -0.05) is 72.3 Å². The first kappa shape index (κ1) is 29.8. The number of allylic oxidation sites excluding steroid dienone is 1. The zero-order valence-electron chi connectivity index (χ0n) is 23.5. The SMILES string of the molecule is CCC1=C(C(=O)OC)[C@H](c2ccccc2)n2c(s/c(=C\c3cc(Cl)c(OCc4ccc(C(=O)O)cc4)c(OC)c3)c2=O)=N1. The predicted molar refractivity (Wildman–Crippen MR) is 163 cm³/mol. The average Bonchev–Trinajstić information content (AvgIpc) is 3.33. The zero-order chi connectivity index (χ0) is 30.7. The van der Waals surface area contributed by atoms with E-state index in [0.29, 0.717) is 44.1 Å². The standard InChI is InChI=1S/C32H27ClN2O7S/c1-4-23-26(31(39)41-3)27(20-8-6-5-7-9-20)35-29(36)25(43-32(35)34-23)16-19-14-22(33)28(24(15-19)40-2)42-17-18-10-12-21(13-11-18)30(37)38/h5-16,27H,4,17H2,1-3H3,(H,37,38)/b25-16-/t27-/m0/s1. The number of fused-ring (bicyclic) bond motifs is 1. The van der Waals surface area contributed by atoms with Gasteiger partial charge in [0.15, 0.2) is 16.3 Å². The van der Waals surface area contributed by atoms with Crippen molar-refractivity contribution in [2.45, 2.75) is 26.0 Å². The van der Waals surface area contributed by atoms with Crippen LogP contribution in [0.4, 0.5) is 0 Å². The Hall–Kier alpha value is -4.67. The van der Waals surface area contributed by atoms with Crippen molar-refractivity contribution in [2.75, 3.05) is 14.2 Å². The lowest BCUT2D eigenvalue weighted by Gasteiger charge is -2.25. The van der Waals surface area contributed by atoms with Gasteiger partial charge >= 0.3 is 11.9 Å². The van der Waals surface area contributed by atoms with Crippen LogP contribution in [-0.2, 0) is 16.1 Å². The maximum atomic E-state index is 13.9. The summed E-state index contributed by atoms with van der Waals surface area (Å²) in [5.41, 5.74) is 2.88. The highest BCUT2D eigenvalue weighted by Gasteiger charge is 2.33. The van der Waals surface area contributed by atoms with Gasteiger partial charge in [0.05, 0.1) is 46.7 Å². The predicted octanol–water partition coefficient (Wildman–Crippen LogP) is 4.74. The molecular formula is C32H27ClN2O7S. The van der Waals surface area contributed by atoms with Gasteiger partial charge in [-0.3, -0.25) is 9.36 Å². The van der Waals surface area contributed by atoms with Crippen molar-refractivity contribution >= 4 is 41.0 Å². The first-order chi connectivity index (χ1) is 20.7. The van der Waals surface area contributed by atoms with Crippen LogP contribution in [-0.4, -0.2) is 35.8 Å². The van der Waals surface area contributed by atoms with Crippen molar-refractivity contribution in [1.82, 2.24) is 4.57 Å². The third kappa shape index (κ3) is 5.97. The van der Waals surface area contributed by atoms with Gasteiger partial charge in [0, 0.05) is 0 Å². The zero-order valence-corrected chi connectivity index (χ0v) is 25.1. The summed E-state index contributed by atoms with van der Waals surface area (Å²) in [6, 6.07) is 18.3. The Kier molecular flexibility index (Phi) is 8.79. The van der Waals surface area contributed by atoms with E-state index in [9.17, 15) is 14.4 Å². The number of hydrogen-bond acceptors (Lipinski definition) is 8. The molecule has 0 bridgehead atoms. The topological polar surface area (TPSA) is 116 Å². The molecule has 2 heterocycles. The lowest BCUT2D eigenvalue weighted by atomic mass is 9.95. The molecule has 220 valence electrons. The number of carboxylic acids is 1. The highest BCUT2D eigenvalue weighted by Crippen LogP contribution is 2.37. The molecule has 0 unspecified atom stereocenters. The third-order valence-corrected chi connectivity index (χ3v) is 8.16. The van der Waals surface area contributed by atoms with E-state index in [4.69, 9.17) is 30.9 Å². The number of esters is 1. The Morgan fingerprint density at radius 1 is 1.09 bits per heavy atom. The summed E-state index contributed by atoms with van der Waals surface area (Å²) in [4.78, 5) is 43.1. The molecule has 0 spiro atoms. The summed E-state index contributed by atoms with van der Waals surface area (Å²) in [7, 11) is 2.80. The van der Waals surface area contributed by atoms with Crippen LogP contribution in [0.25, 0.3) is 6.08 Å². The molecule has 1 atom stereocenters. The molecule has 3 aromatic carbocycles. The minimum Gasteiger partial charge on any atom is -0.493 e. The maximum Gasteiger partial charge on any atom is 0.338 e. The molecule has 0 saturated carbocycles. The smallest absolute Gasteiger partial charge is 0.338 e. The summed E-state index contributed by atoms with van der Waals surface area (Å²) in [6.45, 7) is 2.04. The van der Waals surface area contributed by atoms with Gasteiger partial charge in [-0.05, 0) is 53.5 Å². The molecular weight excluding hydrogens is 592 g/mol. The van der Waals surface area contributed by atoms with E-state index in [1.54, 1.807) is 30.3 Å². The van der Waals surface area contributed by atoms with E-state index in [1.807, 2.05) is 37.3 Å². The highest BCUT2D eigenvalue weighted by atomic mass is 35.5. The van der Waals surface area contributed by atoms with Crippen LogP contribution < -0.4 is 24.4 Å². The van der Waals surface area contributed by atoms with Gasteiger partial charge in [0.2, 0.25) is 0 Å². The Morgan fingerprint density at radius 3 is 2.44 bits per heavy atom. The second-order valence-corrected chi connectivity index (χ2v) is 10.9. The molecule has 0 saturated heterocycles. The van der Waals surface area contributed by atoms with Crippen LogP contribution >= 0.6 is 22.9 Å². The van der Waals surface area contributed by atoms with Crippen LogP contribution in [0.15, 0.2) is 87.8 Å². The van der Waals surface area contributed by atoms with Crippen molar-refractivity contribution in [1.29, 1.82) is 0 Å². The number of carbonyl (C=O) groups excluding carboxylic acids is 1. The molecule has 0 fully saturated rings. The molecule has 1 aromatic heterocycles. The lowest BCUT2D eigenvalue weighted by molar-refractivity contribution is -0.136. The lowest BCUT2D eigenvalue weighted by Crippen LogP contribution is -2.40. The minimum absolute atomic E-state index is 0.135. The number of hydrogen-bond donors (Lipinski definition) is 1. The Bertz CT molecular complexity index is 1910. The number of aromatic carboxylic acids is 1. The Morgan fingerprint density at radius 2 is 1.81 bits per heavy atom. The van der Waals surface area contributed by atoms with Crippen molar-refractivity contribution in [3.05, 3.63) is 125 Å². The molecule has 0 amide bonds. The molecule has 5 rings (SSSR count). The van der Waals surface area contributed by atoms with Crippen LogP contribution in [0.2, 0.25) is 5.02 Å². The second-order valence-electron chi connectivity index (χ2n) is 9.52. The molecule has 43 heavy (non-hydrogen) atoms. The molecule has 4 aromatic rings. The first-order valence-electron chi connectivity index (χ1n) is 13.3. The van der Waals surface area contributed by atoms with Crippen LogP contribution in [0.1, 0.15) is 46.4 Å². The maximum absolute atomic E-state index is 13.9. The number of thiazole rings is 1. The van der Waals surface area contributed by atoms with Crippen molar-refractivity contribution in [3.63, 3.8) is 0 Å². The number of methoxy groups -OCH3 is 2. The Balaban J connectivity index is 1.54. The van der Waals surface area contributed by atoms with Crippen molar-refractivity contribution in [2.24, 2.45) is 4.99 Å². The second kappa shape index (κ2) is 12.7. The van der Waals surface area contributed by atoms with Crippen molar-refractivity contribution < 1.29 is 28.9 Å². The van der Waals surface area contributed by atoms with E-state index in [2.05, 4.69) is 4.99 Å². The largest absolute Gasteiger partial charge is 0.493 e. The molecule has 1 aliphatic heterocycles. The van der Waals surface area contributed by atoms with Crippen LogP contribution in [0.5, 0.6) is 11.5 Å². The number of benzene rings is 3. The Labute approximate surface area is 255 Å². The summed E-state index contributed by atoms with van der Waals surface area (Å²) in [5.74, 6) is -0.874. The summed E-state index contributed by atoms with van der Waals surface area (Å²) in [6.07, 6.45) is 2.18. The summed E-state index contributed by atoms with van der Waals surface area (Å²) in [5, 5.41) is 9.37. The van der Waals surface area contributed by atoms with E-state index in [-0.39, 0.29) is 22.8 Å². The first-order valence-corrected chi connectivity index (χ1v) is 14.5. The number of rotatable bonds is 9. The molecule has 11 heteroatoms. The molecule has 0 radical (unpaired) electrons. The van der Waals surface area contributed by atoms with Gasteiger partial charge < -0.3 is 19.3 Å². The number of aromatic nitrogens is 1. The highest BCUT2D eigenvalue weighted by molar-refractivity contribution is 7.07. The summed E-state index contributed by atoms with van der Waals surface area (Å²) < 4.78 is 18.5. The molecule has 1 aliphatic rings. The van der Waals surface area contributed by atoms with Crippen molar-refractivity contribution in [3.8, 4) is 11.5 Å². The van der Waals surface area contributed by atoms with Crippen LogP contribution in [0, 0.1) is 0 Å². The molecule has 1 N–H and O–H groups in total. The minimum atomic E-state index is -1.01. The fourth-order valence-corrected chi connectivity index (χ4v) is 6.12. The number of halogens is 1. The normalized spacial score (nSPS) is 14.6. The monoisotopic (exact) mass is 618 g/mol. The van der Waals surface area contributed by atoms with E-state index >= 15 is 0 Å². The van der Waals surface area contributed by atoms with Gasteiger partial charge in [0.25, 0.3) is 5.56 Å². The van der Waals surface area contributed by atoms with Gasteiger partial charge in [-0.25, -0.2) is 14.6 Å². The fraction of sp³-hybridized carbons (Fsp3) is 0.188.